The summed E-state index contributed by atoms with van der Waals surface area (Å²) in [4.78, 5) is 24.5. The van der Waals surface area contributed by atoms with Crippen LogP contribution in [0.1, 0.15) is 35.2 Å². The van der Waals surface area contributed by atoms with Crippen LogP contribution in [-0.4, -0.2) is 25.5 Å². The maximum absolute atomic E-state index is 12.4. The first-order valence-corrected chi connectivity index (χ1v) is 8.18. The molecule has 1 aromatic carbocycles. The number of rotatable bonds is 4. The van der Waals surface area contributed by atoms with Gasteiger partial charge in [-0.15, -0.1) is 12.4 Å². The van der Waals surface area contributed by atoms with E-state index in [1.54, 1.807) is 13.0 Å². The average molecular weight is 351 g/mol. The van der Waals surface area contributed by atoms with Crippen LogP contribution in [0.25, 0.3) is 11.0 Å². The Hall–Kier alpha value is -1.85. The van der Waals surface area contributed by atoms with E-state index in [4.69, 9.17) is 4.42 Å². The molecule has 0 spiro atoms. The molecule has 0 radical (unpaired) electrons. The Morgan fingerprint density at radius 2 is 2.17 bits per heavy atom. The van der Waals surface area contributed by atoms with Crippen molar-refractivity contribution >= 4 is 29.3 Å². The minimum Gasteiger partial charge on any atom is -0.422 e. The van der Waals surface area contributed by atoms with Gasteiger partial charge in [0.2, 0.25) is 0 Å². The van der Waals surface area contributed by atoms with Gasteiger partial charge in [0.15, 0.2) is 0 Å². The summed E-state index contributed by atoms with van der Waals surface area (Å²) in [6, 6.07) is 7.27. The second kappa shape index (κ2) is 8.31. The van der Waals surface area contributed by atoms with E-state index in [2.05, 4.69) is 10.6 Å². The summed E-state index contributed by atoms with van der Waals surface area (Å²) >= 11 is 0. The van der Waals surface area contributed by atoms with E-state index >= 15 is 0 Å². The maximum atomic E-state index is 12.4. The van der Waals surface area contributed by atoms with Gasteiger partial charge in [0.1, 0.15) is 11.1 Å². The number of carbonyl (C=O) groups excluding carboxylic acids is 1. The lowest BCUT2D eigenvalue weighted by Crippen LogP contribution is -2.34. The molecule has 0 saturated carbocycles. The normalized spacial score (nSPS) is 17.3. The smallest absolute Gasteiger partial charge is 0.349 e. The number of fused-ring (bicyclic) bond motifs is 1. The molecular weight excluding hydrogens is 328 g/mol. The summed E-state index contributed by atoms with van der Waals surface area (Å²) in [6.07, 6.45) is 3.31. The third kappa shape index (κ3) is 3.97. The maximum Gasteiger partial charge on any atom is 0.349 e. The van der Waals surface area contributed by atoms with Crippen molar-refractivity contribution in [3.8, 4) is 0 Å². The van der Waals surface area contributed by atoms with E-state index in [-0.39, 0.29) is 23.9 Å². The van der Waals surface area contributed by atoms with E-state index in [0.717, 1.165) is 24.9 Å². The molecule has 1 unspecified atom stereocenters. The van der Waals surface area contributed by atoms with Crippen LogP contribution < -0.4 is 16.3 Å². The average Bonchev–Trinajstić information content (AvgIpc) is 2.56. The number of piperidine rings is 1. The molecule has 3 rings (SSSR count). The van der Waals surface area contributed by atoms with Gasteiger partial charge < -0.3 is 15.1 Å². The monoisotopic (exact) mass is 350 g/mol. The fourth-order valence-corrected chi connectivity index (χ4v) is 3.22. The van der Waals surface area contributed by atoms with Crippen LogP contribution >= 0.6 is 12.4 Å². The van der Waals surface area contributed by atoms with Crippen molar-refractivity contribution in [1.82, 2.24) is 10.6 Å². The minimum atomic E-state index is -0.571. The first kappa shape index (κ1) is 18.5. The van der Waals surface area contributed by atoms with Gasteiger partial charge in [-0.25, -0.2) is 4.79 Å². The van der Waals surface area contributed by atoms with Gasteiger partial charge in [-0.2, -0.15) is 0 Å². The molecule has 1 amide bonds. The van der Waals surface area contributed by atoms with Gasteiger partial charge in [0, 0.05) is 11.9 Å². The molecular formula is C18H23ClN2O3. The number of amides is 1. The van der Waals surface area contributed by atoms with Crippen molar-refractivity contribution in [2.75, 3.05) is 19.6 Å². The molecule has 1 atom stereocenters. The molecule has 1 aromatic heterocycles. The summed E-state index contributed by atoms with van der Waals surface area (Å²) in [5.41, 5.74) is 0.733. The summed E-state index contributed by atoms with van der Waals surface area (Å²) in [5.74, 6) is 0.254. The molecule has 1 aliphatic rings. The van der Waals surface area contributed by atoms with Crippen molar-refractivity contribution in [3.05, 3.63) is 45.8 Å². The zero-order valence-corrected chi connectivity index (χ0v) is 14.6. The Morgan fingerprint density at radius 1 is 1.38 bits per heavy atom. The van der Waals surface area contributed by atoms with Gasteiger partial charge in [-0.1, -0.05) is 18.2 Å². The quantitative estimate of drug-likeness (QED) is 0.831. The number of hydrogen-bond donors (Lipinski definition) is 2. The van der Waals surface area contributed by atoms with Crippen molar-refractivity contribution in [2.45, 2.75) is 26.2 Å². The second-order valence-corrected chi connectivity index (χ2v) is 6.14. The standard InChI is InChI=1S/C18H22N2O3.ClH/c1-12-14-6-2-3-7-15(14)23-18(22)16(12)17(21)20-10-8-13-5-4-9-19-11-13;/h2-3,6-7,13,19H,4-5,8-11H2,1H3,(H,20,21);1H. The summed E-state index contributed by atoms with van der Waals surface area (Å²) in [6.45, 7) is 4.46. The molecule has 2 heterocycles. The zero-order valence-electron chi connectivity index (χ0n) is 13.8. The van der Waals surface area contributed by atoms with Crippen molar-refractivity contribution in [3.63, 3.8) is 0 Å². The Morgan fingerprint density at radius 3 is 2.92 bits per heavy atom. The van der Waals surface area contributed by atoms with Gasteiger partial charge in [0.05, 0.1) is 0 Å². The van der Waals surface area contributed by atoms with Gasteiger partial charge in [0.25, 0.3) is 5.91 Å². The highest BCUT2D eigenvalue weighted by Crippen LogP contribution is 2.19. The van der Waals surface area contributed by atoms with Crippen molar-refractivity contribution in [1.29, 1.82) is 0 Å². The molecule has 1 aliphatic heterocycles. The third-order valence-electron chi connectivity index (χ3n) is 4.54. The summed E-state index contributed by atoms with van der Waals surface area (Å²) < 4.78 is 5.26. The molecule has 2 N–H and O–H groups in total. The number of benzene rings is 1. The zero-order chi connectivity index (χ0) is 16.2. The summed E-state index contributed by atoms with van der Waals surface area (Å²) in [7, 11) is 0. The van der Waals surface area contributed by atoms with Gasteiger partial charge >= 0.3 is 5.63 Å². The van der Waals surface area contributed by atoms with Crippen LogP contribution in [0, 0.1) is 12.8 Å². The van der Waals surface area contributed by atoms with Crippen LogP contribution in [0.3, 0.4) is 0 Å². The predicted octanol–water partition coefficient (Wildman–Crippen LogP) is 2.64. The molecule has 2 aromatic rings. The molecule has 130 valence electrons. The SMILES string of the molecule is Cc1c(C(=O)NCCC2CCCNC2)c(=O)oc2ccccc12.Cl. The lowest BCUT2D eigenvalue weighted by atomic mass is 9.96. The first-order chi connectivity index (χ1) is 11.2. The van der Waals surface area contributed by atoms with Gasteiger partial charge in [-0.3, -0.25) is 4.79 Å². The Labute approximate surface area is 147 Å². The predicted molar refractivity (Wildman–Crippen MR) is 97.0 cm³/mol. The van der Waals surface area contributed by atoms with Crippen molar-refractivity contribution in [2.24, 2.45) is 5.92 Å². The van der Waals surface area contributed by atoms with E-state index in [1.807, 2.05) is 18.2 Å². The molecule has 5 nitrogen and oxygen atoms in total. The minimum absolute atomic E-state index is 0. The Kier molecular flexibility index (Phi) is 6.40. The fourth-order valence-electron chi connectivity index (χ4n) is 3.22. The van der Waals surface area contributed by atoms with E-state index in [9.17, 15) is 9.59 Å². The number of nitrogens with one attached hydrogen (secondary N) is 2. The van der Waals surface area contributed by atoms with Crippen LogP contribution in [0.4, 0.5) is 0 Å². The summed E-state index contributed by atoms with van der Waals surface area (Å²) in [5, 5.41) is 7.03. The number of carbonyl (C=O) groups is 1. The number of para-hydroxylation sites is 1. The Balaban J connectivity index is 0.00000208. The first-order valence-electron chi connectivity index (χ1n) is 8.18. The molecule has 1 saturated heterocycles. The van der Waals surface area contributed by atoms with Crippen LogP contribution in [-0.2, 0) is 0 Å². The number of hydrogen-bond acceptors (Lipinski definition) is 4. The lowest BCUT2D eigenvalue weighted by molar-refractivity contribution is 0.0946. The van der Waals surface area contributed by atoms with Crippen LogP contribution in [0.5, 0.6) is 0 Å². The topological polar surface area (TPSA) is 71.3 Å². The highest BCUT2D eigenvalue weighted by Gasteiger charge is 2.19. The third-order valence-corrected chi connectivity index (χ3v) is 4.54. The Bertz CT molecular complexity index is 766. The largest absolute Gasteiger partial charge is 0.422 e. The highest BCUT2D eigenvalue weighted by molar-refractivity contribution is 5.99. The fraction of sp³-hybridized carbons (Fsp3) is 0.444. The van der Waals surface area contributed by atoms with E-state index in [1.165, 1.54) is 12.8 Å². The van der Waals surface area contributed by atoms with Gasteiger partial charge in [-0.05, 0) is 56.8 Å². The van der Waals surface area contributed by atoms with Crippen LogP contribution in [0.2, 0.25) is 0 Å². The van der Waals surface area contributed by atoms with Crippen LogP contribution in [0.15, 0.2) is 33.5 Å². The molecule has 6 heteroatoms. The lowest BCUT2D eigenvalue weighted by Gasteiger charge is -2.22. The molecule has 0 bridgehead atoms. The molecule has 1 fully saturated rings. The number of halogens is 1. The molecule has 24 heavy (non-hydrogen) atoms. The molecule has 0 aliphatic carbocycles. The van der Waals surface area contributed by atoms with E-state index in [0.29, 0.717) is 23.6 Å². The van der Waals surface area contributed by atoms with Crippen molar-refractivity contribution < 1.29 is 9.21 Å². The van der Waals surface area contributed by atoms with E-state index < -0.39 is 5.63 Å². The second-order valence-electron chi connectivity index (χ2n) is 6.14. The highest BCUT2D eigenvalue weighted by atomic mass is 35.5. The number of aryl methyl sites for hydroxylation is 1.